The van der Waals surface area contributed by atoms with Crippen LogP contribution in [0.4, 0.5) is 0 Å². The molecule has 2 rings (SSSR count). The van der Waals surface area contributed by atoms with Crippen LogP contribution in [0.3, 0.4) is 0 Å². The van der Waals surface area contributed by atoms with Gasteiger partial charge in [-0.1, -0.05) is 6.07 Å². The van der Waals surface area contributed by atoms with E-state index in [2.05, 4.69) is 27.5 Å². The van der Waals surface area contributed by atoms with Gasteiger partial charge in [0.1, 0.15) is 0 Å². The molecule has 1 aromatic rings. The standard InChI is InChI=1S/C17H28N4O2.HI/c1-3-18-17(19-10-5-11-23-13-14-8-9-14)20-12-15-6-4-7-16(21-15)22-2;/h4,6-7,14H,3,5,8-13H2,1-2H3,(H2,18,19,20);1H. The molecule has 24 heavy (non-hydrogen) atoms. The summed E-state index contributed by atoms with van der Waals surface area (Å²) in [5.41, 5.74) is 0.884. The molecule has 0 bridgehead atoms. The first-order valence-electron chi connectivity index (χ1n) is 8.41. The first-order valence-corrected chi connectivity index (χ1v) is 8.41. The fourth-order valence-corrected chi connectivity index (χ4v) is 2.08. The number of nitrogens with one attached hydrogen (secondary N) is 2. The van der Waals surface area contributed by atoms with Gasteiger partial charge in [0.2, 0.25) is 5.88 Å². The first-order chi connectivity index (χ1) is 11.3. The highest BCUT2D eigenvalue weighted by molar-refractivity contribution is 14.0. The molecule has 0 atom stereocenters. The molecule has 1 aliphatic carbocycles. The summed E-state index contributed by atoms with van der Waals surface area (Å²) in [7, 11) is 1.62. The second-order valence-electron chi connectivity index (χ2n) is 5.67. The lowest BCUT2D eigenvalue weighted by Crippen LogP contribution is -2.38. The van der Waals surface area contributed by atoms with Gasteiger partial charge in [0, 0.05) is 32.4 Å². The van der Waals surface area contributed by atoms with Gasteiger partial charge in [0.05, 0.1) is 19.3 Å². The van der Waals surface area contributed by atoms with Crippen LogP contribution in [0.2, 0.25) is 0 Å². The average Bonchev–Trinajstić information content (AvgIpc) is 3.40. The van der Waals surface area contributed by atoms with Gasteiger partial charge in [-0.15, -0.1) is 24.0 Å². The largest absolute Gasteiger partial charge is 0.481 e. The zero-order chi connectivity index (χ0) is 16.3. The Hall–Kier alpha value is -1.09. The Balaban J connectivity index is 0.00000288. The highest BCUT2D eigenvalue weighted by Crippen LogP contribution is 2.28. The molecule has 1 saturated carbocycles. The van der Waals surface area contributed by atoms with Crippen molar-refractivity contribution in [1.82, 2.24) is 15.6 Å². The minimum atomic E-state index is 0. The molecule has 6 nitrogen and oxygen atoms in total. The lowest BCUT2D eigenvalue weighted by atomic mass is 10.3. The van der Waals surface area contributed by atoms with Gasteiger partial charge in [0.15, 0.2) is 5.96 Å². The van der Waals surface area contributed by atoms with E-state index in [4.69, 9.17) is 9.47 Å². The van der Waals surface area contributed by atoms with E-state index in [1.165, 1.54) is 12.8 Å². The number of aliphatic imine (C=N–C) groups is 1. The van der Waals surface area contributed by atoms with E-state index in [1.807, 2.05) is 18.2 Å². The topological polar surface area (TPSA) is 67.8 Å². The van der Waals surface area contributed by atoms with E-state index in [0.717, 1.165) is 50.3 Å². The summed E-state index contributed by atoms with van der Waals surface area (Å²) in [5.74, 6) is 2.25. The molecule has 1 fully saturated rings. The number of ether oxygens (including phenoxy) is 2. The second-order valence-corrected chi connectivity index (χ2v) is 5.67. The molecule has 0 saturated heterocycles. The molecular weight excluding hydrogens is 419 g/mol. The molecule has 0 radical (unpaired) electrons. The van der Waals surface area contributed by atoms with Crippen LogP contribution in [-0.2, 0) is 11.3 Å². The molecule has 1 aliphatic rings. The fraction of sp³-hybridized carbons (Fsp3) is 0.647. The molecule has 0 aromatic carbocycles. The highest BCUT2D eigenvalue weighted by atomic mass is 127. The second kappa shape index (κ2) is 12.3. The van der Waals surface area contributed by atoms with Gasteiger partial charge in [-0.05, 0) is 38.2 Å². The lowest BCUT2D eigenvalue weighted by molar-refractivity contribution is 0.123. The van der Waals surface area contributed by atoms with Crippen LogP contribution in [0.15, 0.2) is 23.2 Å². The number of rotatable bonds is 10. The summed E-state index contributed by atoms with van der Waals surface area (Å²) in [6, 6.07) is 5.70. The van der Waals surface area contributed by atoms with Crippen LogP contribution in [0.25, 0.3) is 0 Å². The van der Waals surface area contributed by atoms with Crippen molar-refractivity contribution < 1.29 is 9.47 Å². The van der Waals surface area contributed by atoms with Crippen molar-refractivity contribution in [1.29, 1.82) is 0 Å². The van der Waals surface area contributed by atoms with E-state index in [9.17, 15) is 0 Å². The molecule has 1 aromatic heterocycles. The number of guanidine groups is 1. The smallest absolute Gasteiger partial charge is 0.213 e. The van der Waals surface area contributed by atoms with Crippen molar-refractivity contribution in [3.8, 4) is 5.88 Å². The van der Waals surface area contributed by atoms with Crippen molar-refractivity contribution in [2.75, 3.05) is 33.4 Å². The predicted molar refractivity (Wildman–Crippen MR) is 107 cm³/mol. The number of halogens is 1. The Morgan fingerprint density at radius 2 is 2.17 bits per heavy atom. The van der Waals surface area contributed by atoms with E-state index in [-0.39, 0.29) is 24.0 Å². The van der Waals surface area contributed by atoms with Gasteiger partial charge in [-0.2, -0.15) is 0 Å². The average molecular weight is 448 g/mol. The normalized spacial score (nSPS) is 14.0. The Kier molecular flexibility index (Phi) is 10.7. The number of methoxy groups -OCH3 is 1. The van der Waals surface area contributed by atoms with Crippen LogP contribution < -0.4 is 15.4 Å². The van der Waals surface area contributed by atoms with Crippen LogP contribution in [0.1, 0.15) is 31.9 Å². The van der Waals surface area contributed by atoms with E-state index >= 15 is 0 Å². The van der Waals surface area contributed by atoms with Crippen LogP contribution in [0.5, 0.6) is 5.88 Å². The summed E-state index contributed by atoms with van der Waals surface area (Å²) in [5, 5.41) is 6.56. The van der Waals surface area contributed by atoms with Gasteiger partial charge in [-0.3, -0.25) is 0 Å². The van der Waals surface area contributed by atoms with Gasteiger partial charge in [0.25, 0.3) is 0 Å². The number of pyridine rings is 1. The summed E-state index contributed by atoms with van der Waals surface area (Å²) in [6.07, 6.45) is 3.66. The SMILES string of the molecule is CCNC(=NCc1cccc(OC)n1)NCCCOCC1CC1.I. The third kappa shape index (κ3) is 8.68. The van der Waals surface area contributed by atoms with Crippen LogP contribution in [-0.4, -0.2) is 44.4 Å². The molecule has 0 unspecified atom stereocenters. The molecule has 7 heteroatoms. The number of hydrogen-bond acceptors (Lipinski definition) is 4. The molecule has 0 aliphatic heterocycles. The van der Waals surface area contributed by atoms with E-state index < -0.39 is 0 Å². The molecule has 2 N–H and O–H groups in total. The Bertz CT molecular complexity index is 495. The number of aromatic nitrogens is 1. The van der Waals surface area contributed by atoms with E-state index in [0.29, 0.717) is 12.4 Å². The highest BCUT2D eigenvalue weighted by Gasteiger charge is 2.20. The fourth-order valence-electron chi connectivity index (χ4n) is 2.08. The summed E-state index contributed by atoms with van der Waals surface area (Å²) in [6.45, 7) is 5.98. The summed E-state index contributed by atoms with van der Waals surface area (Å²) in [4.78, 5) is 8.91. The maximum Gasteiger partial charge on any atom is 0.213 e. The zero-order valence-electron chi connectivity index (χ0n) is 14.6. The van der Waals surface area contributed by atoms with Crippen molar-refractivity contribution in [3.05, 3.63) is 23.9 Å². The molecule has 0 amide bonds. The van der Waals surface area contributed by atoms with Crippen LogP contribution >= 0.6 is 24.0 Å². The maximum absolute atomic E-state index is 5.63. The lowest BCUT2D eigenvalue weighted by Gasteiger charge is -2.11. The third-order valence-electron chi connectivity index (χ3n) is 3.54. The molecule has 136 valence electrons. The van der Waals surface area contributed by atoms with E-state index in [1.54, 1.807) is 7.11 Å². The molecular formula is C17H29IN4O2. The minimum absolute atomic E-state index is 0. The predicted octanol–water partition coefficient (Wildman–Crippen LogP) is 2.58. The Morgan fingerprint density at radius 1 is 1.33 bits per heavy atom. The zero-order valence-corrected chi connectivity index (χ0v) is 16.9. The number of hydrogen-bond donors (Lipinski definition) is 2. The van der Waals surface area contributed by atoms with Crippen molar-refractivity contribution in [2.45, 2.75) is 32.7 Å². The summed E-state index contributed by atoms with van der Waals surface area (Å²) < 4.78 is 10.8. The van der Waals surface area contributed by atoms with Gasteiger partial charge in [-0.25, -0.2) is 9.98 Å². The molecule has 0 spiro atoms. The Labute approximate surface area is 161 Å². The number of nitrogens with zero attached hydrogens (tertiary/aromatic N) is 2. The monoisotopic (exact) mass is 448 g/mol. The van der Waals surface area contributed by atoms with Crippen LogP contribution in [0, 0.1) is 5.92 Å². The summed E-state index contributed by atoms with van der Waals surface area (Å²) >= 11 is 0. The molecule has 1 heterocycles. The maximum atomic E-state index is 5.63. The van der Waals surface area contributed by atoms with Crippen molar-refractivity contribution in [3.63, 3.8) is 0 Å². The Morgan fingerprint density at radius 3 is 2.88 bits per heavy atom. The van der Waals surface area contributed by atoms with Gasteiger partial charge >= 0.3 is 0 Å². The quantitative estimate of drug-likeness (QED) is 0.249. The van der Waals surface area contributed by atoms with Gasteiger partial charge < -0.3 is 20.1 Å². The first kappa shape index (κ1) is 21.0. The van der Waals surface area contributed by atoms with Crippen molar-refractivity contribution in [2.24, 2.45) is 10.9 Å². The minimum Gasteiger partial charge on any atom is -0.481 e. The van der Waals surface area contributed by atoms with Crippen molar-refractivity contribution >= 4 is 29.9 Å². The third-order valence-corrected chi connectivity index (χ3v) is 3.54.